The molecule has 3 rings (SSSR count). The molecule has 0 N–H and O–H groups in total. The Morgan fingerprint density at radius 1 is 0.609 bits per heavy atom. The second kappa shape index (κ2) is 5.77. The topological polar surface area (TPSA) is 6.48 Å². The van der Waals surface area contributed by atoms with Crippen molar-refractivity contribution in [1.82, 2.24) is 9.80 Å². The summed E-state index contributed by atoms with van der Waals surface area (Å²) in [4.78, 5) is 4.82. The molecule has 0 saturated carbocycles. The van der Waals surface area contributed by atoms with Crippen LogP contribution in [0.4, 0.5) is 0 Å². The van der Waals surface area contributed by atoms with Gasteiger partial charge in [-0.3, -0.25) is 0 Å². The molecule has 2 nitrogen and oxygen atoms in total. The van der Waals surface area contributed by atoms with E-state index >= 15 is 0 Å². The van der Waals surface area contributed by atoms with Crippen molar-refractivity contribution in [2.75, 3.05) is 6.67 Å². The summed E-state index contributed by atoms with van der Waals surface area (Å²) in [7, 11) is 0. The van der Waals surface area contributed by atoms with E-state index in [-0.39, 0.29) is 11.1 Å². The Hall–Kier alpha value is -2.22. The molecule has 23 heavy (non-hydrogen) atoms. The van der Waals surface area contributed by atoms with Gasteiger partial charge in [0.05, 0.1) is 17.7 Å². The largest absolute Gasteiger partial charge is 0.349 e. The predicted molar refractivity (Wildman–Crippen MR) is 96.6 cm³/mol. The van der Waals surface area contributed by atoms with Crippen LogP contribution in [0.2, 0.25) is 0 Å². The maximum absolute atomic E-state index is 2.41. The van der Waals surface area contributed by atoms with Gasteiger partial charge in [0.2, 0.25) is 0 Å². The Morgan fingerprint density at radius 3 is 1.30 bits per heavy atom. The van der Waals surface area contributed by atoms with E-state index in [2.05, 4.69) is 111 Å². The van der Waals surface area contributed by atoms with Crippen LogP contribution >= 0.6 is 0 Å². The molecule has 0 bridgehead atoms. The zero-order chi connectivity index (χ0) is 16.5. The third-order valence-corrected chi connectivity index (χ3v) is 5.13. The molecule has 0 radical (unpaired) electrons. The van der Waals surface area contributed by atoms with Gasteiger partial charge < -0.3 is 9.80 Å². The van der Waals surface area contributed by atoms with Crippen LogP contribution in [0.5, 0.6) is 0 Å². The fourth-order valence-electron chi connectivity index (χ4n) is 3.17. The molecule has 120 valence electrons. The van der Waals surface area contributed by atoms with Gasteiger partial charge in [-0.2, -0.15) is 0 Å². The quantitative estimate of drug-likeness (QED) is 0.792. The van der Waals surface area contributed by atoms with Crippen LogP contribution in [0, 0.1) is 0 Å². The van der Waals surface area contributed by atoms with Crippen LogP contribution in [0.15, 0.2) is 73.1 Å². The standard InChI is InChI=1S/C21H26N2/c1-20(2,18-11-7-5-8-12-18)22-15-16-23(17-22)21(3,4)19-13-9-6-10-14-19/h5-16H,17H2,1-4H3. The summed E-state index contributed by atoms with van der Waals surface area (Å²) >= 11 is 0. The normalized spacial score (nSPS) is 15.3. The Balaban J connectivity index is 1.80. The van der Waals surface area contributed by atoms with Crippen molar-refractivity contribution in [3.63, 3.8) is 0 Å². The lowest BCUT2D eigenvalue weighted by molar-refractivity contribution is 0.0909. The Morgan fingerprint density at radius 2 is 0.957 bits per heavy atom. The fourth-order valence-corrected chi connectivity index (χ4v) is 3.17. The lowest BCUT2D eigenvalue weighted by Gasteiger charge is -2.41. The van der Waals surface area contributed by atoms with Gasteiger partial charge in [0.15, 0.2) is 0 Å². The highest BCUT2D eigenvalue weighted by atomic mass is 15.4. The average Bonchev–Trinajstić information content (AvgIpc) is 3.08. The molecule has 0 amide bonds. The molecule has 0 aliphatic carbocycles. The number of hydrogen-bond donors (Lipinski definition) is 0. The van der Waals surface area contributed by atoms with Crippen LogP contribution < -0.4 is 0 Å². The highest BCUT2D eigenvalue weighted by Crippen LogP contribution is 2.35. The zero-order valence-corrected chi connectivity index (χ0v) is 14.5. The van der Waals surface area contributed by atoms with E-state index < -0.39 is 0 Å². The summed E-state index contributed by atoms with van der Waals surface area (Å²) < 4.78 is 0. The lowest BCUT2D eigenvalue weighted by Crippen LogP contribution is -2.44. The lowest BCUT2D eigenvalue weighted by atomic mass is 9.92. The first-order chi connectivity index (χ1) is 10.9. The van der Waals surface area contributed by atoms with E-state index in [9.17, 15) is 0 Å². The minimum Gasteiger partial charge on any atom is -0.349 e. The first-order valence-corrected chi connectivity index (χ1v) is 8.25. The highest BCUT2D eigenvalue weighted by molar-refractivity contribution is 5.27. The predicted octanol–water partition coefficient (Wildman–Crippen LogP) is 4.90. The molecular weight excluding hydrogens is 280 g/mol. The third kappa shape index (κ3) is 2.86. The molecule has 1 heterocycles. The van der Waals surface area contributed by atoms with Crippen LogP contribution in [0.25, 0.3) is 0 Å². The number of nitrogens with zero attached hydrogens (tertiary/aromatic N) is 2. The van der Waals surface area contributed by atoms with Gasteiger partial charge in [0.25, 0.3) is 0 Å². The summed E-state index contributed by atoms with van der Waals surface area (Å²) in [6.07, 6.45) is 4.44. The maximum atomic E-state index is 2.41. The molecule has 0 atom stereocenters. The maximum Gasteiger partial charge on any atom is 0.0909 e. The van der Waals surface area contributed by atoms with Crippen molar-refractivity contribution < 1.29 is 0 Å². The van der Waals surface area contributed by atoms with Crippen LogP contribution in [-0.4, -0.2) is 16.5 Å². The van der Waals surface area contributed by atoms with E-state index in [1.54, 1.807) is 0 Å². The molecule has 0 saturated heterocycles. The average molecular weight is 306 g/mol. The zero-order valence-electron chi connectivity index (χ0n) is 14.5. The van der Waals surface area contributed by atoms with E-state index in [1.165, 1.54) is 11.1 Å². The molecule has 0 unspecified atom stereocenters. The Bertz CT molecular complexity index is 612. The first-order valence-electron chi connectivity index (χ1n) is 8.25. The van der Waals surface area contributed by atoms with Crippen LogP contribution in [-0.2, 0) is 11.1 Å². The molecule has 2 aromatic carbocycles. The van der Waals surface area contributed by atoms with Gasteiger partial charge in [0.1, 0.15) is 0 Å². The van der Waals surface area contributed by atoms with E-state index in [0.717, 1.165) is 6.67 Å². The fraction of sp³-hybridized carbons (Fsp3) is 0.333. The van der Waals surface area contributed by atoms with E-state index in [4.69, 9.17) is 0 Å². The number of benzene rings is 2. The second-order valence-corrected chi connectivity index (χ2v) is 7.23. The molecule has 0 fully saturated rings. The van der Waals surface area contributed by atoms with Crippen molar-refractivity contribution >= 4 is 0 Å². The summed E-state index contributed by atoms with van der Waals surface area (Å²) in [5, 5.41) is 0. The van der Waals surface area contributed by atoms with Crippen LogP contribution in [0.3, 0.4) is 0 Å². The summed E-state index contributed by atoms with van der Waals surface area (Å²) in [5.74, 6) is 0. The second-order valence-electron chi connectivity index (χ2n) is 7.23. The summed E-state index contributed by atoms with van der Waals surface area (Å²) in [5.41, 5.74) is 2.62. The highest BCUT2D eigenvalue weighted by Gasteiger charge is 2.35. The minimum atomic E-state index is -0.0285. The molecule has 0 spiro atoms. The van der Waals surface area contributed by atoms with Gasteiger partial charge in [-0.1, -0.05) is 60.7 Å². The molecule has 2 aromatic rings. The summed E-state index contributed by atoms with van der Waals surface area (Å²) in [6, 6.07) is 21.4. The van der Waals surface area contributed by atoms with E-state index in [1.807, 2.05) is 0 Å². The van der Waals surface area contributed by atoms with Crippen molar-refractivity contribution in [3.8, 4) is 0 Å². The van der Waals surface area contributed by atoms with Gasteiger partial charge in [-0.15, -0.1) is 0 Å². The molecule has 1 aliphatic heterocycles. The van der Waals surface area contributed by atoms with Crippen molar-refractivity contribution in [1.29, 1.82) is 0 Å². The molecule has 1 aliphatic rings. The number of hydrogen-bond acceptors (Lipinski definition) is 2. The molecular formula is C21H26N2. The van der Waals surface area contributed by atoms with Gasteiger partial charge in [-0.05, 0) is 38.8 Å². The van der Waals surface area contributed by atoms with E-state index in [0.29, 0.717) is 0 Å². The van der Waals surface area contributed by atoms with Gasteiger partial charge in [-0.25, -0.2) is 0 Å². The summed E-state index contributed by atoms with van der Waals surface area (Å²) in [6.45, 7) is 10.0. The SMILES string of the molecule is CC(C)(c1ccccc1)N1C=CN(C(C)(C)c2ccccc2)C1. The Kier molecular flexibility index (Phi) is 3.93. The molecule has 0 aromatic heterocycles. The minimum absolute atomic E-state index is 0.0285. The Labute approximate surface area is 140 Å². The number of rotatable bonds is 4. The van der Waals surface area contributed by atoms with Gasteiger partial charge in [0, 0.05) is 12.4 Å². The first kappa shape index (κ1) is 15.7. The van der Waals surface area contributed by atoms with Crippen molar-refractivity contribution in [2.45, 2.75) is 38.8 Å². The van der Waals surface area contributed by atoms with Crippen LogP contribution in [0.1, 0.15) is 38.8 Å². The smallest absolute Gasteiger partial charge is 0.0909 e. The van der Waals surface area contributed by atoms with Crippen molar-refractivity contribution in [2.24, 2.45) is 0 Å². The monoisotopic (exact) mass is 306 g/mol. The third-order valence-electron chi connectivity index (χ3n) is 5.13. The molecule has 2 heteroatoms. The van der Waals surface area contributed by atoms with Gasteiger partial charge >= 0.3 is 0 Å². The van der Waals surface area contributed by atoms with Crippen molar-refractivity contribution in [3.05, 3.63) is 84.2 Å².